The summed E-state index contributed by atoms with van der Waals surface area (Å²) in [6, 6.07) is 4.91. The Kier molecular flexibility index (Phi) is 4.34. The molecule has 7 nitrogen and oxygen atoms in total. The first-order chi connectivity index (χ1) is 12.6. The molecule has 26 heavy (non-hydrogen) atoms. The average molecular weight is 373 g/mol. The molecule has 1 saturated heterocycles. The Labute approximate surface area is 153 Å². The quantitative estimate of drug-likeness (QED) is 0.711. The molecule has 9 heteroatoms. The fourth-order valence-corrected chi connectivity index (χ4v) is 3.10. The van der Waals surface area contributed by atoms with Crippen molar-refractivity contribution in [3.05, 3.63) is 53.3 Å². The normalized spacial score (nSPS) is 17.1. The van der Waals surface area contributed by atoms with E-state index in [2.05, 4.69) is 25.1 Å². The second-order valence-electron chi connectivity index (χ2n) is 6.01. The van der Waals surface area contributed by atoms with Crippen LogP contribution in [0.25, 0.3) is 11.4 Å². The van der Waals surface area contributed by atoms with Gasteiger partial charge < -0.3 is 0 Å². The average Bonchev–Trinajstić information content (AvgIpc) is 3.27. The topological polar surface area (TPSA) is 87.7 Å². The number of halogens is 2. The third-order valence-corrected chi connectivity index (χ3v) is 4.60. The largest absolute Gasteiger partial charge is 0.281 e. The number of pyridine rings is 2. The number of carbonyl (C=O) groups excluding carboxylic acids is 1. The van der Waals surface area contributed by atoms with Gasteiger partial charge in [-0.05, 0) is 36.6 Å². The molecule has 4 heterocycles. The van der Waals surface area contributed by atoms with Crippen molar-refractivity contribution in [2.24, 2.45) is 5.92 Å². The molecule has 1 amide bonds. The highest BCUT2D eigenvalue weighted by Crippen LogP contribution is 2.27. The first kappa shape index (κ1) is 16.6. The Morgan fingerprint density at radius 1 is 1.35 bits per heavy atom. The molecule has 0 aromatic carbocycles. The van der Waals surface area contributed by atoms with Crippen molar-refractivity contribution < 1.29 is 9.18 Å². The van der Waals surface area contributed by atoms with Crippen LogP contribution < -0.4 is 4.90 Å². The van der Waals surface area contributed by atoms with E-state index in [-0.39, 0.29) is 17.0 Å². The molecular formula is C17H14ClFN6O. The van der Waals surface area contributed by atoms with Gasteiger partial charge in [0.25, 0.3) is 0 Å². The van der Waals surface area contributed by atoms with Crippen LogP contribution in [0.15, 0.2) is 36.8 Å². The van der Waals surface area contributed by atoms with Gasteiger partial charge in [-0.1, -0.05) is 11.6 Å². The van der Waals surface area contributed by atoms with E-state index in [1.165, 1.54) is 12.3 Å². The molecule has 0 unspecified atom stereocenters. The van der Waals surface area contributed by atoms with E-state index in [1.54, 1.807) is 29.4 Å². The molecular weight excluding hydrogens is 359 g/mol. The van der Waals surface area contributed by atoms with Crippen molar-refractivity contribution in [1.82, 2.24) is 25.1 Å². The summed E-state index contributed by atoms with van der Waals surface area (Å²) >= 11 is 5.60. The predicted octanol–water partition coefficient (Wildman–Crippen LogP) is 2.65. The summed E-state index contributed by atoms with van der Waals surface area (Å²) < 4.78 is 13.5. The number of rotatable bonds is 4. The van der Waals surface area contributed by atoms with E-state index in [9.17, 15) is 9.18 Å². The number of carbonyl (C=O) groups is 1. The van der Waals surface area contributed by atoms with Crippen LogP contribution in [0, 0.1) is 11.7 Å². The monoisotopic (exact) mass is 372 g/mol. The smallest absolute Gasteiger partial charge is 0.232 e. The van der Waals surface area contributed by atoms with Gasteiger partial charge >= 0.3 is 0 Å². The lowest BCUT2D eigenvalue weighted by Crippen LogP contribution is -2.28. The minimum Gasteiger partial charge on any atom is -0.281 e. The van der Waals surface area contributed by atoms with Gasteiger partial charge in [-0.25, -0.2) is 14.5 Å². The van der Waals surface area contributed by atoms with Crippen molar-refractivity contribution in [3.8, 4) is 11.4 Å². The Morgan fingerprint density at radius 2 is 2.15 bits per heavy atom. The van der Waals surface area contributed by atoms with Crippen molar-refractivity contribution in [1.29, 1.82) is 0 Å². The lowest BCUT2D eigenvalue weighted by atomic mass is 9.99. The highest BCUT2D eigenvalue weighted by Gasteiger charge is 2.34. The number of nitrogens with zero attached hydrogens (tertiary/aromatic N) is 5. The maximum absolute atomic E-state index is 13.5. The van der Waals surface area contributed by atoms with Crippen molar-refractivity contribution in [2.45, 2.75) is 12.8 Å². The summed E-state index contributed by atoms with van der Waals surface area (Å²) in [5.74, 6) is 0.000629. The number of H-pyrrole nitrogens is 1. The van der Waals surface area contributed by atoms with Gasteiger partial charge in [0.05, 0.1) is 0 Å². The summed E-state index contributed by atoms with van der Waals surface area (Å²) in [5, 5.41) is 6.81. The third-order valence-electron chi connectivity index (χ3n) is 4.32. The zero-order chi connectivity index (χ0) is 18.1. The second kappa shape index (κ2) is 6.80. The molecule has 1 aliphatic rings. The summed E-state index contributed by atoms with van der Waals surface area (Å²) in [5.41, 5.74) is 1.45. The molecule has 0 bridgehead atoms. The SMILES string of the molecule is O=C1[C@H](Cc2cnc(Cl)c(F)c2)CCN1c1nc(-c2ccncc2)n[nH]1. The van der Waals surface area contributed by atoms with Crippen LogP contribution in [0.3, 0.4) is 0 Å². The van der Waals surface area contributed by atoms with Crippen LogP contribution >= 0.6 is 11.6 Å². The first-order valence-electron chi connectivity index (χ1n) is 8.06. The van der Waals surface area contributed by atoms with Crippen molar-refractivity contribution in [3.63, 3.8) is 0 Å². The number of aromatic nitrogens is 5. The van der Waals surface area contributed by atoms with Crippen LogP contribution in [0.2, 0.25) is 5.15 Å². The van der Waals surface area contributed by atoms with Gasteiger partial charge in [0.1, 0.15) is 0 Å². The Bertz CT molecular complexity index is 947. The molecule has 0 saturated carbocycles. The number of aromatic amines is 1. The van der Waals surface area contributed by atoms with Gasteiger partial charge in [0, 0.05) is 36.6 Å². The highest BCUT2D eigenvalue weighted by atomic mass is 35.5. The molecule has 3 aromatic rings. The number of anilines is 1. The maximum atomic E-state index is 13.5. The molecule has 3 aromatic heterocycles. The van der Waals surface area contributed by atoms with E-state index >= 15 is 0 Å². The van der Waals surface area contributed by atoms with Crippen LogP contribution in [-0.2, 0) is 11.2 Å². The van der Waals surface area contributed by atoms with Gasteiger partial charge in [-0.2, -0.15) is 10.1 Å². The lowest BCUT2D eigenvalue weighted by molar-refractivity contribution is -0.120. The minimum absolute atomic E-state index is 0.0715. The Balaban J connectivity index is 1.49. The van der Waals surface area contributed by atoms with Crippen LogP contribution in [0.5, 0.6) is 0 Å². The van der Waals surface area contributed by atoms with Gasteiger partial charge in [-0.15, -0.1) is 0 Å². The fraction of sp³-hybridized carbons (Fsp3) is 0.235. The van der Waals surface area contributed by atoms with E-state index in [4.69, 9.17) is 11.6 Å². The Morgan fingerprint density at radius 3 is 2.92 bits per heavy atom. The van der Waals surface area contributed by atoms with Gasteiger partial charge in [0.2, 0.25) is 11.9 Å². The molecule has 1 atom stereocenters. The van der Waals surface area contributed by atoms with E-state index in [0.29, 0.717) is 36.7 Å². The van der Waals surface area contributed by atoms with Crippen molar-refractivity contribution in [2.75, 3.05) is 11.4 Å². The van der Waals surface area contributed by atoms with Crippen molar-refractivity contribution >= 4 is 23.5 Å². The third kappa shape index (κ3) is 3.15. The van der Waals surface area contributed by atoms with E-state index in [1.807, 2.05) is 0 Å². The first-order valence-corrected chi connectivity index (χ1v) is 8.43. The molecule has 1 N–H and O–H groups in total. The van der Waals surface area contributed by atoms with E-state index in [0.717, 1.165) is 5.56 Å². The molecule has 0 aliphatic carbocycles. The second-order valence-corrected chi connectivity index (χ2v) is 6.37. The van der Waals surface area contributed by atoms with Crippen LogP contribution in [0.1, 0.15) is 12.0 Å². The van der Waals surface area contributed by atoms with Gasteiger partial charge in [0.15, 0.2) is 16.8 Å². The fourth-order valence-electron chi connectivity index (χ4n) is 3.00. The highest BCUT2D eigenvalue weighted by molar-refractivity contribution is 6.29. The van der Waals surface area contributed by atoms with Crippen LogP contribution in [0.4, 0.5) is 10.3 Å². The zero-order valence-electron chi connectivity index (χ0n) is 13.6. The lowest BCUT2D eigenvalue weighted by Gasteiger charge is -2.13. The molecule has 0 spiro atoms. The molecule has 132 valence electrons. The summed E-state index contributed by atoms with van der Waals surface area (Å²) in [4.78, 5) is 26.4. The molecule has 4 rings (SSSR count). The summed E-state index contributed by atoms with van der Waals surface area (Å²) in [6.45, 7) is 0.526. The molecule has 1 fully saturated rings. The maximum Gasteiger partial charge on any atom is 0.232 e. The summed E-state index contributed by atoms with van der Waals surface area (Å²) in [7, 11) is 0. The number of hydrogen-bond donors (Lipinski definition) is 1. The number of hydrogen-bond acceptors (Lipinski definition) is 5. The standard InChI is InChI=1S/C17H14ClFN6O/c18-14-13(19)8-10(9-21-14)7-12-3-6-25(16(12)26)17-22-15(23-24-17)11-1-4-20-5-2-11/h1-2,4-5,8-9,12H,3,6-7H2,(H,22,23,24)/t12-/m0/s1. The molecule has 1 aliphatic heterocycles. The zero-order valence-corrected chi connectivity index (χ0v) is 14.3. The molecule has 0 radical (unpaired) electrons. The number of nitrogens with one attached hydrogen (secondary N) is 1. The van der Waals surface area contributed by atoms with E-state index < -0.39 is 5.82 Å². The number of amides is 1. The van der Waals surface area contributed by atoms with Crippen LogP contribution in [-0.4, -0.2) is 37.6 Å². The Hall–Kier alpha value is -2.87. The van der Waals surface area contributed by atoms with Gasteiger partial charge in [-0.3, -0.25) is 14.7 Å². The minimum atomic E-state index is -0.580. The summed E-state index contributed by atoms with van der Waals surface area (Å²) in [6.07, 6.45) is 5.86. The predicted molar refractivity (Wildman–Crippen MR) is 93.0 cm³/mol.